The van der Waals surface area contributed by atoms with Gasteiger partial charge in [-0.3, -0.25) is 0 Å². The van der Waals surface area contributed by atoms with Gasteiger partial charge in [0.15, 0.2) is 0 Å². The van der Waals surface area contributed by atoms with E-state index < -0.39 is 0 Å². The van der Waals surface area contributed by atoms with Gasteiger partial charge < -0.3 is 13.9 Å². The topological polar surface area (TPSA) is 21.3 Å². The summed E-state index contributed by atoms with van der Waals surface area (Å²) < 4.78 is 8.99. The SMILES string of the molecule is c1ccc(N(c2ccc(-c3ccccc3-n3c4ccccc4c4ccccc43)cc2)c2cccc3ccccc23)c(-c2cccc3oc4cc5ccccc5cc4c23)c1. The molecule has 276 valence electrons. The van der Waals surface area contributed by atoms with Crippen molar-refractivity contribution in [3.8, 4) is 27.9 Å². The molecular weight excluding hydrogens is 717 g/mol. The summed E-state index contributed by atoms with van der Waals surface area (Å²) in [4.78, 5) is 2.43. The molecule has 0 saturated carbocycles. The molecule has 0 spiro atoms. The second-order valence-electron chi connectivity index (χ2n) is 15.3. The highest BCUT2D eigenvalue weighted by molar-refractivity contribution is 6.17. The average molecular weight is 753 g/mol. The van der Waals surface area contributed by atoms with Gasteiger partial charge in [-0.25, -0.2) is 0 Å². The molecule has 0 radical (unpaired) electrons. The molecule has 0 fully saturated rings. The minimum absolute atomic E-state index is 0.880. The molecule has 0 amide bonds. The first-order chi connectivity index (χ1) is 29.3. The van der Waals surface area contributed by atoms with E-state index in [9.17, 15) is 0 Å². The Kier molecular flexibility index (Phi) is 7.54. The summed E-state index contributed by atoms with van der Waals surface area (Å²) in [5.74, 6) is 0. The summed E-state index contributed by atoms with van der Waals surface area (Å²) >= 11 is 0. The van der Waals surface area contributed by atoms with Crippen molar-refractivity contribution in [2.24, 2.45) is 0 Å². The largest absolute Gasteiger partial charge is 0.456 e. The molecule has 12 rings (SSSR count). The Labute approximate surface area is 341 Å². The van der Waals surface area contributed by atoms with Gasteiger partial charge in [-0.15, -0.1) is 0 Å². The van der Waals surface area contributed by atoms with Crippen molar-refractivity contribution >= 4 is 82.4 Å². The van der Waals surface area contributed by atoms with Crippen LogP contribution in [0.3, 0.4) is 0 Å². The van der Waals surface area contributed by atoms with E-state index in [0.717, 1.165) is 61.4 Å². The highest BCUT2D eigenvalue weighted by atomic mass is 16.3. The van der Waals surface area contributed by atoms with Crippen LogP contribution in [0.15, 0.2) is 223 Å². The fourth-order valence-electron chi connectivity index (χ4n) is 9.33. The van der Waals surface area contributed by atoms with Gasteiger partial charge in [0.25, 0.3) is 0 Å². The molecule has 3 heteroatoms. The van der Waals surface area contributed by atoms with Crippen LogP contribution in [0.2, 0.25) is 0 Å². The van der Waals surface area contributed by atoms with E-state index in [4.69, 9.17) is 4.42 Å². The zero-order valence-corrected chi connectivity index (χ0v) is 32.1. The summed E-state index contributed by atoms with van der Waals surface area (Å²) in [6.45, 7) is 0. The maximum absolute atomic E-state index is 6.57. The maximum atomic E-state index is 6.57. The molecule has 0 saturated heterocycles. The molecule has 59 heavy (non-hydrogen) atoms. The summed E-state index contributed by atoms with van der Waals surface area (Å²) in [5.41, 5.74) is 13.2. The molecule has 0 atom stereocenters. The van der Waals surface area contributed by atoms with E-state index in [-0.39, 0.29) is 0 Å². The third-order valence-corrected chi connectivity index (χ3v) is 12.0. The van der Waals surface area contributed by atoms with Gasteiger partial charge in [-0.1, -0.05) is 158 Å². The monoisotopic (exact) mass is 752 g/mol. The minimum atomic E-state index is 0.880. The summed E-state index contributed by atoms with van der Waals surface area (Å²) in [5, 5.41) is 9.49. The first-order valence-corrected chi connectivity index (χ1v) is 20.2. The molecule has 0 aliphatic carbocycles. The maximum Gasteiger partial charge on any atom is 0.136 e. The lowest BCUT2D eigenvalue weighted by molar-refractivity contribution is 0.669. The summed E-state index contributed by atoms with van der Waals surface area (Å²) in [6.07, 6.45) is 0. The molecule has 10 aromatic carbocycles. The smallest absolute Gasteiger partial charge is 0.136 e. The van der Waals surface area contributed by atoms with Crippen LogP contribution in [0.25, 0.3) is 93.2 Å². The number of para-hydroxylation sites is 4. The van der Waals surface area contributed by atoms with Gasteiger partial charge in [-0.2, -0.15) is 0 Å². The fourth-order valence-corrected chi connectivity index (χ4v) is 9.33. The van der Waals surface area contributed by atoms with Crippen LogP contribution in [-0.4, -0.2) is 4.57 Å². The zero-order valence-electron chi connectivity index (χ0n) is 32.1. The van der Waals surface area contributed by atoms with Gasteiger partial charge >= 0.3 is 0 Å². The lowest BCUT2D eigenvalue weighted by Gasteiger charge is -2.29. The Morgan fingerprint density at radius 1 is 0.356 bits per heavy atom. The van der Waals surface area contributed by atoms with E-state index in [2.05, 4.69) is 228 Å². The number of hydrogen-bond acceptors (Lipinski definition) is 2. The lowest BCUT2D eigenvalue weighted by Crippen LogP contribution is -2.11. The van der Waals surface area contributed by atoms with E-state index in [1.54, 1.807) is 0 Å². The third-order valence-electron chi connectivity index (χ3n) is 12.0. The predicted molar refractivity (Wildman–Crippen MR) is 249 cm³/mol. The van der Waals surface area contributed by atoms with Crippen LogP contribution in [0, 0.1) is 0 Å². The first kappa shape index (κ1) is 33.3. The van der Waals surface area contributed by atoms with Gasteiger partial charge in [0.2, 0.25) is 0 Å². The Balaban J connectivity index is 1.05. The summed E-state index contributed by atoms with van der Waals surface area (Å²) in [6, 6.07) is 78.7. The molecule has 0 unspecified atom stereocenters. The van der Waals surface area contributed by atoms with Gasteiger partial charge in [0, 0.05) is 43.7 Å². The van der Waals surface area contributed by atoms with Crippen molar-refractivity contribution in [1.29, 1.82) is 0 Å². The summed E-state index contributed by atoms with van der Waals surface area (Å²) in [7, 11) is 0. The first-order valence-electron chi connectivity index (χ1n) is 20.2. The van der Waals surface area contributed by atoms with Crippen LogP contribution in [0.4, 0.5) is 17.1 Å². The Morgan fingerprint density at radius 3 is 1.69 bits per heavy atom. The fraction of sp³-hybridized carbons (Fsp3) is 0. The number of hydrogen-bond donors (Lipinski definition) is 0. The van der Waals surface area contributed by atoms with E-state index in [1.165, 1.54) is 48.9 Å². The predicted octanol–water partition coefficient (Wildman–Crippen LogP) is 15.8. The molecule has 12 aromatic rings. The molecule has 0 bridgehead atoms. The van der Waals surface area contributed by atoms with Crippen LogP contribution in [-0.2, 0) is 0 Å². The normalized spacial score (nSPS) is 11.7. The van der Waals surface area contributed by atoms with Gasteiger partial charge in [0.05, 0.1) is 28.1 Å². The molecule has 3 nitrogen and oxygen atoms in total. The van der Waals surface area contributed by atoms with Crippen molar-refractivity contribution in [3.63, 3.8) is 0 Å². The molecule has 0 N–H and O–H groups in total. The quantitative estimate of drug-likeness (QED) is 0.169. The zero-order chi connectivity index (χ0) is 38.9. The average Bonchev–Trinajstić information content (AvgIpc) is 3.84. The van der Waals surface area contributed by atoms with E-state index in [0.29, 0.717) is 0 Å². The highest BCUT2D eigenvalue weighted by Gasteiger charge is 2.22. The molecule has 0 aliphatic rings. The number of benzene rings is 10. The van der Waals surface area contributed by atoms with Crippen molar-refractivity contribution in [3.05, 3.63) is 218 Å². The van der Waals surface area contributed by atoms with Crippen molar-refractivity contribution in [2.75, 3.05) is 4.90 Å². The van der Waals surface area contributed by atoms with Crippen LogP contribution >= 0.6 is 0 Å². The van der Waals surface area contributed by atoms with E-state index >= 15 is 0 Å². The number of nitrogens with zero attached hydrogens (tertiary/aromatic N) is 2. The second kappa shape index (κ2) is 13.4. The number of anilines is 3. The molecule has 2 heterocycles. The Bertz CT molecular complexity index is 3510. The van der Waals surface area contributed by atoms with Crippen molar-refractivity contribution < 1.29 is 4.42 Å². The van der Waals surface area contributed by atoms with Crippen LogP contribution in [0.5, 0.6) is 0 Å². The molecular formula is C56H36N2O. The second-order valence-corrected chi connectivity index (χ2v) is 15.3. The van der Waals surface area contributed by atoms with Crippen LogP contribution < -0.4 is 4.90 Å². The van der Waals surface area contributed by atoms with Gasteiger partial charge in [-0.05, 0) is 87.9 Å². The standard InChI is InChI=1S/C56H36N2O/c1-2-17-40-36-55-48(35-39(40)16-1)56-47(24-14-30-54(56)59-55)46-23-8-10-26-51(46)57(49-29-13-18-37-15-3-4-19-42(37)49)41-33-31-38(32-34-41)43-20-5-9-25-50(43)58-52-27-11-6-21-44(52)45-22-7-12-28-53(45)58/h1-36H. The number of aromatic nitrogens is 1. The minimum Gasteiger partial charge on any atom is -0.456 e. The van der Waals surface area contributed by atoms with Crippen LogP contribution in [0.1, 0.15) is 0 Å². The number of rotatable bonds is 6. The Morgan fingerprint density at radius 2 is 0.915 bits per heavy atom. The molecule has 0 aliphatic heterocycles. The Hall–Kier alpha value is -7.88. The van der Waals surface area contributed by atoms with Crippen molar-refractivity contribution in [2.45, 2.75) is 0 Å². The lowest BCUT2D eigenvalue weighted by atomic mass is 9.95. The third kappa shape index (κ3) is 5.29. The highest BCUT2D eigenvalue weighted by Crippen LogP contribution is 2.47. The van der Waals surface area contributed by atoms with E-state index in [1.807, 2.05) is 0 Å². The molecule has 2 aromatic heterocycles. The number of furan rings is 1. The van der Waals surface area contributed by atoms with Crippen molar-refractivity contribution in [1.82, 2.24) is 4.57 Å². The number of fused-ring (bicyclic) bond motifs is 8. The van der Waals surface area contributed by atoms with Gasteiger partial charge in [0.1, 0.15) is 11.2 Å².